The molecule has 140 valence electrons. The van der Waals surface area contributed by atoms with Crippen molar-refractivity contribution in [2.45, 2.75) is 13.5 Å². The second-order valence-electron chi connectivity index (χ2n) is 6.67. The van der Waals surface area contributed by atoms with Crippen LogP contribution in [0, 0.1) is 6.92 Å². The molecule has 0 aliphatic carbocycles. The van der Waals surface area contributed by atoms with E-state index in [1.54, 1.807) is 7.05 Å². The lowest BCUT2D eigenvalue weighted by atomic mass is 10.1. The van der Waals surface area contributed by atoms with Crippen LogP contribution in [-0.4, -0.2) is 18.1 Å². The summed E-state index contributed by atoms with van der Waals surface area (Å²) in [6.45, 7) is 2.31. The number of ether oxygens (including phenoxy) is 1. The Morgan fingerprint density at radius 2 is 1.71 bits per heavy atom. The largest absolute Gasteiger partial charge is 0.445 e. The molecule has 1 aromatic heterocycles. The molecule has 2 N–H and O–H groups in total. The molecule has 0 unspecified atom stereocenters. The van der Waals surface area contributed by atoms with Crippen molar-refractivity contribution in [3.05, 3.63) is 77.9 Å². The monoisotopic (exact) mass is 371 g/mol. The van der Waals surface area contributed by atoms with E-state index in [0.717, 1.165) is 38.7 Å². The number of rotatable bonds is 4. The molecule has 0 bridgehead atoms. The zero-order valence-corrected chi connectivity index (χ0v) is 15.8. The Balaban J connectivity index is 1.69. The number of para-hydroxylation sites is 1. The fourth-order valence-electron chi connectivity index (χ4n) is 3.19. The smallest absolute Gasteiger partial charge is 0.407 e. The van der Waals surface area contributed by atoms with Gasteiger partial charge in [-0.15, -0.1) is 0 Å². The Labute approximate surface area is 163 Å². The molecular formula is C23H21N3O2. The number of anilines is 2. The maximum absolute atomic E-state index is 11.2. The van der Waals surface area contributed by atoms with Gasteiger partial charge < -0.3 is 15.4 Å². The maximum atomic E-state index is 11.2. The highest BCUT2D eigenvalue weighted by Crippen LogP contribution is 2.33. The van der Waals surface area contributed by atoms with Crippen LogP contribution in [0.3, 0.4) is 0 Å². The molecule has 0 atom stereocenters. The van der Waals surface area contributed by atoms with Crippen LogP contribution < -0.4 is 10.6 Å². The number of aryl methyl sites for hydroxylation is 1. The Morgan fingerprint density at radius 3 is 2.50 bits per heavy atom. The molecule has 0 saturated heterocycles. The third-order valence-corrected chi connectivity index (χ3v) is 4.63. The number of alkyl carbamates (subject to hydrolysis) is 1. The average molecular weight is 371 g/mol. The van der Waals surface area contributed by atoms with Crippen molar-refractivity contribution < 1.29 is 9.53 Å². The number of fused-ring (bicyclic) bond motifs is 2. The number of carbonyl (C=O) groups is 1. The minimum absolute atomic E-state index is 0.236. The van der Waals surface area contributed by atoms with Crippen LogP contribution >= 0.6 is 0 Å². The Kier molecular flexibility index (Phi) is 4.81. The van der Waals surface area contributed by atoms with E-state index in [0.29, 0.717) is 0 Å². The van der Waals surface area contributed by atoms with Crippen molar-refractivity contribution in [3.63, 3.8) is 0 Å². The molecule has 0 aliphatic rings. The maximum Gasteiger partial charge on any atom is 0.407 e. The molecule has 5 heteroatoms. The summed E-state index contributed by atoms with van der Waals surface area (Å²) in [7, 11) is 1.54. The number of nitrogens with one attached hydrogen (secondary N) is 2. The molecule has 3 aromatic carbocycles. The lowest BCUT2D eigenvalue weighted by molar-refractivity contribution is 0.142. The number of amides is 1. The van der Waals surface area contributed by atoms with Gasteiger partial charge >= 0.3 is 6.09 Å². The fourth-order valence-corrected chi connectivity index (χ4v) is 3.19. The quantitative estimate of drug-likeness (QED) is 0.478. The van der Waals surface area contributed by atoms with Crippen LogP contribution in [0.15, 0.2) is 66.7 Å². The van der Waals surface area contributed by atoms with E-state index >= 15 is 0 Å². The van der Waals surface area contributed by atoms with Crippen molar-refractivity contribution in [1.82, 2.24) is 10.3 Å². The van der Waals surface area contributed by atoms with E-state index < -0.39 is 6.09 Å². The SMILES string of the molecule is CNC(=O)OCc1ccc(Nc2c3ccccc3nc3cc(C)ccc23)cc1. The summed E-state index contributed by atoms with van der Waals surface area (Å²) in [4.78, 5) is 16.0. The van der Waals surface area contributed by atoms with Gasteiger partial charge in [-0.05, 0) is 42.3 Å². The lowest BCUT2D eigenvalue weighted by Crippen LogP contribution is -2.18. The van der Waals surface area contributed by atoms with Crippen LogP contribution in [0.1, 0.15) is 11.1 Å². The second kappa shape index (κ2) is 7.56. The first kappa shape index (κ1) is 17.8. The summed E-state index contributed by atoms with van der Waals surface area (Å²) in [5.74, 6) is 0. The highest BCUT2D eigenvalue weighted by atomic mass is 16.5. The zero-order valence-electron chi connectivity index (χ0n) is 15.8. The first-order chi connectivity index (χ1) is 13.6. The Morgan fingerprint density at radius 1 is 0.964 bits per heavy atom. The molecule has 0 spiro atoms. The molecule has 1 heterocycles. The standard InChI is InChI=1S/C23H21N3O2/c1-15-7-12-19-21(13-15)26-20-6-4-3-5-18(20)22(19)25-17-10-8-16(9-11-17)14-28-23(27)24-2/h3-13H,14H2,1-2H3,(H,24,27)(H,25,26). The molecule has 0 radical (unpaired) electrons. The van der Waals surface area contributed by atoms with Gasteiger partial charge in [0, 0.05) is 23.5 Å². The van der Waals surface area contributed by atoms with Crippen molar-refractivity contribution in [2.75, 3.05) is 12.4 Å². The van der Waals surface area contributed by atoms with E-state index in [1.165, 1.54) is 5.56 Å². The molecule has 4 rings (SSSR count). The van der Waals surface area contributed by atoms with Gasteiger partial charge in [0.1, 0.15) is 6.61 Å². The third kappa shape index (κ3) is 3.60. The second-order valence-corrected chi connectivity index (χ2v) is 6.67. The number of pyridine rings is 1. The van der Waals surface area contributed by atoms with Crippen LogP contribution in [0.25, 0.3) is 21.8 Å². The van der Waals surface area contributed by atoms with E-state index in [2.05, 4.69) is 41.8 Å². The summed E-state index contributed by atoms with van der Waals surface area (Å²) in [6, 6.07) is 22.3. The highest BCUT2D eigenvalue weighted by molar-refractivity contribution is 6.08. The van der Waals surface area contributed by atoms with Gasteiger partial charge in [0.25, 0.3) is 0 Å². The normalized spacial score (nSPS) is 10.8. The Bertz CT molecular complexity index is 1150. The molecule has 0 fully saturated rings. The topological polar surface area (TPSA) is 63.2 Å². The van der Waals surface area contributed by atoms with Gasteiger partial charge in [0.15, 0.2) is 0 Å². The van der Waals surface area contributed by atoms with Gasteiger partial charge in [-0.2, -0.15) is 0 Å². The third-order valence-electron chi connectivity index (χ3n) is 4.63. The van der Waals surface area contributed by atoms with Crippen LogP contribution in [0.4, 0.5) is 16.2 Å². The number of hydrogen-bond donors (Lipinski definition) is 2. The molecular weight excluding hydrogens is 350 g/mol. The van der Waals surface area contributed by atoms with Gasteiger partial charge in [0.2, 0.25) is 0 Å². The number of carbonyl (C=O) groups excluding carboxylic acids is 1. The van der Waals surface area contributed by atoms with E-state index in [9.17, 15) is 4.79 Å². The summed E-state index contributed by atoms with van der Waals surface area (Å²) in [5.41, 5.74) is 6.03. The van der Waals surface area contributed by atoms with Crippen molar-refractivity contribution in [3.8, 4) is 0 Å². The summed E-state index contributed by atoms with van der Waals surface area (Å²) < 4.78 is 5.08. The summed E-state index contributed by atoms with van der Waals surface area (Å²) in [6.07, 6.45) is -0.438. The van der Waals surface area contributed by atoms with Crippen molar-refractivity contribution in [1.29, 1.82) is 0 Å². The number of aromatic nitrogens is 1. The first-order valence-corrected chi connectivity index (χ1v) is 9.13. The Hall–Kier alpha value is -3.60. The fraction of sp³-hybridized carbons (Fsp3) is 0.130. The van der Waals surface area contributed by atoms with Gasteiger partial charge in [-0.25, -0.2) is 9.78 Å². The molecule has 28 heavy (non-hydrogen) atoms. The predicted molar refractivity (Wildman–Crippen MR) is 113 cm³/mol. The molecule has 0 saturated carbocycles. The molecule has 1 amide bonds. The molecule has 0 aliphatic heterocycles. The summed E-state index contributed by atoms with van der Waals surface area (Å²) >= 11 is 0. The van der Waals surface area contributed by atoms with Crippen LogP contribution in [0.5, 0.6) is 0 Å². The van der Waals surface area contributed by atoms with E-state index in [-0.39, 0.29) is 6.61 Å². The van der Waals surface area contributed by atoms with Crippen molar-refractivity contribution >= 4 is 39.3 Å². The summed E-state index contributed by atoms with van der Waals surface area (Å²) in [5, 5.41) is 8.15. The number of nitrogens with zero attached hydrogens (tertiary/aromatic N) is 1. The van der Waals surface area contributed by atoms with Crippen molar-refractivity contribution in [2.24, 2.45) is 0 Å². The van der Waals surface area contributed by atoms with Gasteiger partial charge in [-0.3, -0.25) is 0 Å². The first-order valence-electron chi connectivity index (χ1n) is 9.13. The van der Waals surface area contributed by atoms with E-state index in [1.807, 2.05) is 42.5 Å². The van der Waals surface area contributed by atoms with Gasteiger partial charge in [-0.1, -0.05) is 42.5 Å². The van der Waals surface area contributed by atoms with E-state index in [4.69, 9.17) is 9.72 Å². The molecule has 4 aromatic rings. The highest BCUT2D eigenvalue weighted by Gasteiger charge is 2.10. The van der Waals surface area contributed by atoms with Crippen LogP contribution in [-0.2, 0) is 11.3 Å². The minimum atomic E-state index is -0.438. The number of hydrogen-bond acceptors (Lipinski definition) is 4. The average Bonchev–Trinajstić information content (AvgIpc) is 2.72. The zero-order chi connectivity index (χ0) is 19.5. The molecule has 5 nitrogen and oxygen atoms in total. The van der Waals surface area contributed by atoms with Gasteiger partial charge in [0.05, 0.1) is 16.7 Å². The minimum Gasteiger partial charge on any atom is -0.445 e. The number of benzene rings is 3. The van der Waals surface area contributed by atoms with Crippen LogP contribution in [0.2, 0.25) is 0 Å². The lowest BCUT2D eigenvalue weighted by Gasteiger charge is -2.14. The predicted octanol–water partition coefficient (Wildman–Crippen LogP) is 5.30.